The van der Waals surface area contributed by atoms with Gasteiger partial charge in [0.05, 0.1) is 11.7 Å². The third kappa shape index (κ3) is 9.06. The number of rotatable bonds is 13. The molecule has 206 valence electrons. The summed E-state index contributed by atoms with van der Waals surface area (Å²) in [7, 11) is -4.15. The Labute approximate surface area is 218 Å². The van der Waals surface area contributed by atoms with Gasteiger partial charge in [-0.1, -0.05) is 31.4 Å². The molecule has 0 bridgehead atoms. The van der Waals surface area contributed by atoms with Gasteiger partial charge in [0.25, 0.3) is 0 Å². The van der Waals surface area contributed by atoms with Crippen molar-refractivity contribution >= 4 is 19.4 Å². The first-order valence-electron chi connectivity index (χ1n) is 12.4. The quantitative estimate of drug-likeness (QED) is 0.102. The summed E-state index contributed by atoms with van der Waals surface area (Å²) < 4.78 is 80.0. The Kier molecular flexibility index (Phi) is 10.6. The van der Waals surface area contributed by atoms with Crippen molar-refractivity contribution < 1.29 is 36.3 Å². The first kappa shape index (κ1) is 30.1. The zero-order valence-electron chi connectivity index (χ0n) is 20.5. The van der Waals surface area contributed by atoms with E-state index in [9.17, 15) is 26.5 Å². The fourth-order valence-electron chi connectivity index (χ4n) is 5.00. The van der Waals surface area contributed by atoms with Crippen LogP contribution in [0.2, 0.25) is 0 Å². The van der Waals surface area contributed by atoms with Gasteiger partial charge in [-0.3, -0.25) is 4.57 Å². The summed E-state index contributed by atoms with van der Waals surface area (Å²) in [6.07, 6.45) is 1.74. The molecule has 0 aliphatic heterocycles. The number of alkyl halides is 3. The predicted molar refractivity (Wildman–Crippen MR) is 136 cm³/mol. The van der Waals surface area contributed by atoms with E-state index in [4.69, 9.17) is 9.79 Å². The van der Waals surface area contributed by atoms with Crippen molar-refractivity contribution in [2.45, 2.75) is 74.4 Å². The average molecular weight is 566 g/mol. The Hall–Kier alpha value is -1.45. The molecule has 3 N–H and O–H groups in total. The molecule has 0 saturated heterocycles. The highest BCUT2D eigenvalue weighted by atomic mass is 32.2. The molecule has 1 saturated carbocycles. The van der Waals surface area contributed by atoms with Crippen molar-refractivity contribution in [1.82, 2.24) is 5.32 Å². The van der Waals surface area contributed by atoms with Crippen molar-refractivity contribution in [2.75, 3.05) is 18.5 Å². The van der Waals surface area contributed by atoms with Crippen LogP contribution in [0, 0.1) is 11.6 Å². The molecule has 37 heavy (non-hydrogen) atoms. The lowest BCUT2D eigenvalue weighted by Gasteiger charge is -2.30. The van der Waals surface area contributed by atoms with E-state index < -0.39 is 25.2 Å². The van der Waals surface area contributed by atoms with E-state index in [2.05, 4.69) is 5.32 Å². The standard InChI is InChI=1S/C26H33F5NO3PS/c27-21-8-6-20(7-9-21)25(10-1-2-11-25)12-3-4-15-37-24-17-23(28)19(16-22(24)26(29,30)31)18-32-13-5-14-36(33,34)35/h6-9,16-17,32H,1-5,10-15,18H2,(H2,33,34,35). The van der Waals surface area contributed by atoms with Crippen molar-refractivity contribution in [1.29, 1.82) is 0 Å². The van der Waals surface area contributed by atoms with E-state index in [-0.39, 0.29) is 47.4 Å². The Balaban J connectivity index is 1.56. The highest BCUT2D eigenvalue weighted by Crippen LogP contribution is 2.45. The lowest BCUT2D eigenvalue weighted by atomic mass is 9.75. The van der Waals surface area contributed by atoms with Crippen molar-refractivity contribution in [3.63, 3.8) is 0 Å². The van der Waals surface area contributed by atoms with Gasteiger partial charge in [0.1, 0.15) is 11.6 Å². The molecule has 2 aromatic carbocycles. The Bertz CT molecular complexity index is 1070. The minimum Gasteiger partial charge on any atom is -0.324 e. The van der Waals surface area contributed by atoms with Crippen molar-refractivity contribution in [3.05, 3.63) is 64.7 Å². The van der Waals surface area contributed by atoms with E-state index >= 15 is 0 Å². The first-order valence-corrected chi connectivity index (χ1v) is 15.2. The molecular weight excluding hydrogens is 532 g/mol. The summed E-state index contributed by atoms with van der Waals surface area (Å²) in [4.78, 5) is 17.6. The summed E-state index contributed by atoms with van der Waals surface area (Å²) in [6, 6.07) is 8.36. The molecule has 0 amide bonds. The van der Waals surface area contributed by atoms with Gasteiger partial charge in [-0.2, -0.15) is 13.2 Å². The monoisotopic (exact) mass is 565 g/mol. The van der Waals surface area contributed by atoms with Crippen LogP contribution >= 0.6 is 19.4 Å². The smallest absolute Gasteiger partial charge is 0.324 e. The van der Waals surface area contributed by atoms with Gasteiger partial charge < -0.3 is 15.1 Å². The maximum Gasteiger partial charge on any atom is 0.417 e. The summed E-state index contributed by atoms with van der Waals surface area (Å²) in [5.41, 5.74) is 0.0767. The number of benzene rings is 2. The molecular formula is C26H33F5NO3PS. The van der Waals surface area contributed by atoms with Gasteiger partial charge in [0.15, 0.2) is 0 Å². The zero-order chi connectivity index (χ0) is 27.1. The van der Waals surface area contributed by atoms with Crippen LogP contribution in [0.5, 0.6) is 0 Å². The Morgan fingerprint density at radius 3 is 2.30 bits per heavy atom. The molecule has 0 heterocycles. The highest BCUT2D eigenvalue weighted by molar-refractivity contribution is 7.99. The van der Waals surface area contributed by atoms with Gasteiger partial charge in [0, 0.05) is 17.0 Å². The summed E-state index contributed by atoms with van der Waals surface area (Å²) >= 11 is 0.994. The van der Waals surface area contributed by atoms with Gasteiger partial charge in [-0.05, 0) is 79.6 Å². The number of unbranched alkanes of at least 4 members (excludes halogenated alkanes) is 1. The van der Waals surface area contributed by atoms with E-state index in [0.717, 1.165) is 68.0 Å². The summed E-state index contributed by atoms with van der Waals surface area (Å²) in [5, 5.41) is 2.74. The number of thioether (sulfide) groups is 1. The van der Waals surface area contributed by atoms with Crippen molar-refractivity contribution in [3.8, 4) is 0 Å². The number of halogens is 5. The minimum absolute atomic E-state index is 0.0124. The predicted octanol–water partition coefficient (Wildman–Crippen LogP) is 7.42. The Morgan fingerprint density at radius 2 is 1.68 bits per heavy atom. The molecule has 0 atom stereocenters. The maximum absolute atomic E-state index is 14.6. The van der Waals surface area contributed by atoms with Crippen LogP contribution < -0.4 is 5.32 Å². The van der Waals surface area contributed by atoms with Crippen LogP contribution in [0.4, 0.5) is 22.0 Å². The lowest BCUT2D eigenvalue weighted by Crippen LogP contribution is -2.22. The largest absolute Gasteiger partial charge is 0.417 e. The molecule has 3 rings (SSSR count). The fourth-order valence-corrected chi connectivity index (χ4v) is 6.65. The molecule has 1 aliphatic rings. The summed E-state index contributed by atoms with van der Waals surface area (Å²) in [6.45, 7) is -0.0334. The molecule has 2 aromatic rings. The molecule has 0 spiro atoms. The molecule has 0 unspecified atom stereocenters. The molecule has 0 aromatic heterocycles. The molecule has 4 nitrogen and oxygen atoms in total. The second-order valence-electron chi connectivity index (χ2n) is 9.66. The molecule has 0 radical (unpaired) electrons. The lowest BCUT2D eigenvalue weighted by molar-refractivity contribution is -0.139. The van der Waals surface area contributed by atoms with Crippen LogP contribution in [-0.4, -0.2) is 28.2 Å². The second-order valence-corrected chi connectivity index (χ2v) is 12.6. The first-order chi connectivity index (χ1) is 17.4. The third-order valence-corrected chi connectivity index (χ3v) is 8.94. The number of nitrogens with one attached hydrogen (secondary N) is 1. The van der Waals surface area contributed by atoms with E-state index in [1.807, 2.05) is 12.1 Å². The average Bonchev–Trinajstić information content (AvgIpc) is 3.28. The van der Waals surface area contributed by atoms with Crippen LogP contribution in [0.15, 0.2) is 41.3 Å². The number of hydrogen-bond donors (Lipinski definition) is 3. The van der Waals surface area contributed by atoms with Gasteiger partial charge in [-0.15, -0.1) is 11.8 Å². The van der Waals surface area contributed by atoms with Crippen LogP contribution in [-0.2, 0) is 22.7 Å². The Morgan fingerprint density at radius 1 is 1.00 bits per heavy atom. The normalized spacial score (nSPS) is 15.9. The topological polar surface area (TPSA) is 69.6 Å². The zero-order valence-corrected chi connectivity index (χ0v) is 22.2. The second kappa shape index (κ2) is 13.1. The summed E-state index contributed by atoms with van der Waals surface area (Å²) in [5.74, 6) is -0.607. The molecule has 1 fully saturated rings. The molecule has 11 heteroatoms. The van der Waals surface area contributed by atoms with E-state index in [1.54, 1.807) is 0 Å². The van der Waals surface area contributed by atoms with Gasteiger partial charge in [-0.25, -0.2) is 8.78 Å². The third-order valence-electron chi connectivity index (χ3n) is 6.90. The number of hydrogen-bond acceptors (Lipinski definition) is 3. The van der Waals surface area contributed by atoms with Crippen LogP contribution in [0.25, 0.3) is 0 Å². The molecule has 1 aliphatic carbocycles. The van der Waals surface area contributed by atoms with Gasteiger partial charge >= 0.3 is 13.8 Å². The van der Waals surface area contributed by atoms with E-state index in [0.29, 0.717) is 12.2 Å². The fraction of sp³-hybridized carbons (Fsp3) is 0.538. The SMILES string of the molecule is O=P(O)(O)CCCNCc1cc(C(F)(F)F)c(SCCCCC2(c3ccc(F)cc3)CCCC2)cc1F. The maximum atomic E-state index is 14.6. The van der Waals surface area contributed by atoms with Crippen molar-refractivity contribution in [2.24, 2.45) is 0 Å². The van der Waals surface area contributed by atoms with Crippen LogP contribution in [0.3, 0.4) is 0 Å². The van der Waals surface area contributed by atoms with Gasteiger partial charge in [0.2, 0.25) is 0 Å². The van der Waals surface area contributed by atoms with Crippen LogP contribution in [0.1, 0.15) is 68.1 Å². The van der Waals surface area contributed by atoms with E-state index in [1.165, 1.54) is 12.1 Å². The highest BCUT2D eigenvalue weighted by Gasteiger charge is 2.36. The minimum atomic E-state index is -4.64.